The van der Waals surface area contributed by atoms with Crippen LogP contribution in [-0.4, -0.2) is 8.75 Å². The van der Waals surface area contributed by atoms with E-state index in [1.807, 2.05) is 6.20 Å². The predicted molar refractivity (Wildman–Crippen MR) is 34.0 cm³/mol. The van der Waals surface area contributed by atoms with E-state index in [1.54, 1.807) is 0 Å². The Balaban J connectivity index is 2.77. The number of hydrogen-bond acceptors (Lipinski definition) is 3. The maximum Gasteiger partial charge on any atom is 0.0768 e. The van der Waals surface area contributed by atoms with Gasteiger partial charge in [-0.25, -0.2) is 0 Å². The highest BCUT2D eigenvalue weighted by Crippen LogP contribution is 2.09. The van der Waals surface area contributed by atoms with E-state index in [4.69, 9.17) is 0 Å². The smallest absolute Gasteiger partial charge is 0.0768 e. The third kappa shape index (κ3) is 1.04. The summed E-state index contributed by atoms with van der Waals surface area (Å²) in [4.78, 5) is 0. The SMILES string of the molecule is CC(C)c1cnsn1. The fraction of sp³-hybridized carbons (Fsp3) is 0.600. The van der Waals surface area contributed by atoms with E-state index in [-0.39, 0.29) is 0 Å². The lowest BCUT2D eigenvalue weighted by Crippen LogP contribution is -1.83. The summed E-state index contributed by atoms with van der Waals surface area (Å²) >= 11 is 1.27. The average molecular weight is 128 g/mol. The van der Waals surface area contributed by atoms with Crippen LogP contribution in [0, 0.1) is 0 Å². The molecule has 1 rings (SSSR count). The van der Waals surface area contributed by atoms with Gasteiger partial charge in [0.05, 0.1) is 23.6 Å². The van der Waals surface area contributed by atoms with E-state index >= 15 is 0 Å². The number of nitrogens with zero attached hydrogens (tertiary/aromatic N) is 2. The van der Waals surface area contributed by atoms with Gasteiger partial charge in [0.25, 0.3) is 0 Å². The average Bonchev–Trinajstić information content (AvgIpc) is 2.12. The van der Waals surface area contributed by atoms with E-state index in [9.17, 15) is 0 Å². The van der Waals surface area contributed by atoms with Crippen molar-refractivity contribution in [3.8, 4) is 0 Å². The summed E-state index contributed by atoms with van der Waals surface area (Å²) < 4.78 is 7.92. The molecule has 0 atom stereocenters. The summed E-state index contributed by atoms with van der Waals surface area (Å²) in [5.74, 6) is 0.522. The molecule has 0 aliphatic heterocycles. The topological polar surface area (TPSA) is 25.8 Å². The van der Waals surface area contributed by atoms with Gasteiger partial charge in [0, 0.05) is 0 Å². The van der Waals surface area contributed by atoms with Gasteiger partial charge in [-0.3, -0.25) is 0 Å². The van der Waals surface area contributed by atoms with Crippen molar-refractivity contribution in [1.82, 2.24) is 8.75 Å². The quantitative estimate of drug-likeness (QED) is 0.575. The zero-order valence-electron chi connectivity index (χ0n) is 4.96. The van der Waals surface area contributed by atoms with Gasteiger partial charge in [-0.1, -0.05) is 13.8 Å². The summed E-state index contributed by atoms with van der Waals surface area (Å²) in [5, 5.41) is 0. The Hall–Kier alpha value is -0.440. The van der Waals surface area contributed by atoms with Crippen LogP contribution in [0.25, 0.3) is 0 Å². The molecule has 0 bridgehead atoms. The molecule has 0 aromatic carbocycles. The van der Waals surface area contributed by atoms with E-state index in [1.165, 1.54) is 11.7 Å². The highest BCUT2D eigenvalue weighted by molar-refractivity contribution is 6.99. The van der Waals surface area contributed by atoms with Crippen LogP contribution in [0.4, 0.5) is 0 Å². The molecule has 1 aromatic rings. The molecule has 0 saturated carbocycles. The van der Waals surface area contributed by atoms with Gasteiger partial charge in [0.1, 0.15) is 0 Å². The molecule has 44 valence electrons. The Morgan fingerprint density at radius 1 is 1.62 bits per heavy atom. The van der Waals surface area contributed by atoms with E-state index in [2.05, 4.69) is 22.6 Å². The van der Waals surface area contributed by atoms with Gasteiger partial charge in [-0.05, 0) is 5.92 Å². The van der Waals surface area contributed by atoms with Gasteiger partial charge >= 0.3 is 0 Å². The van der Waals surface area contributed by atoms with Crippen LogP contribution in [0.3, 0.4) is 0 Å². The van der Waals surface area contributed by atoms with Crippen molar-refractivity contribution in [3.63, 3.8) is 0 Å². The molecule has 0 fully saturated rings. The largest absolute Gasteiger partial charge is 0.181 e. The molecule has 0 unspecified atom stereocenters. The number of rotatable bonds is 1. The Kier molecular flexibility index (Phi) is 1.58. The zero-order chi connectivity index (χ0) is 5.98. The zero-order valence-corrected chi connectivity index (χ0v) is 5.77. The van der Waals surface area contributed by atoms with Crippen LogP contribution >= 0.6 is 11.7 Å². The minimum atomic E-state index is 0.522. The fourth-order valence-corrected chi connectivity index (χ4v) is 0.981. The second-order valence-corrected chi connectivity index (χ2v) is 2.54. The van der Waals surface area contributed by atoms with Crippen molar-refractivity contribution < 1.29 is 0 Å². The van der Waals surface area contributed by atoms with E-state index in [0.717, 1.165) is 5.69 Å². The van der Waals surface area contributed by atoms with Crippen LogP contribution in [0.5, 0.6) is 0 Å². The molecule has 0 N–H and O–H groups in total. The van der Waals surface area contributed by atoms with Gasteiger partial charge in [-0.15, -0.1) is 0 Å². The van der Waals surface area contributed by atoms with E-state index < -0.39 is 0 Å². The Morgan fingerprint density at radius 2 is 2.38 bits per heavy atom. The molecule has 0 aliphatic carbocycles. The summed E-state index contributed by atoms with van der Waals surface area (Å²) in [5.41, 5.74) is 1.09. The van der Waals surface area contributed by atoms with Crippen molar-refractivity contribution >= 4 is 11.7 Å². The minimum Gasteiger partial charge on any atom is -0.181 e. The third-order valence-electron chi connectivity index (χ3n) is 0.970. The molecule has 3 heteroatoms. The van der Waals surface area contributed by atoms with Crippen LogP contribution in [0.15, 0.2) is 6.20 Å². The Bertz CT molecular complexity index is 145. The minimum absolute atomic E-state index is 0.522. The number of hydrogen-bond donors (Lipinski definition) is 0. The molecule has 0 spiro atoms. The summed E-state index contributed by atoms with van der Waals surface area (Å²) in [6.07, 6.45) is 1.81. The van der Waals surface area contributed by atoms with Crippen molar-refractivity contribution in [2.45, 2.75) is 19.8 Å². The lowest BCUT2D eigenvalue weighted by Gasteiger charge is -1.92. The van der Waals surface area contributed by atoms with Gasteiger partial charge in [0.15, 0.2) is 0 Å². The van der Waals surface area contributed by atoms with Crippen molar-refractivity contribution in [3.05, 3.63) is 11.9 Å². The summed E-state index contributed by atoms with van der Waals surface area (Å²) in [7, 11) is 0. The highest BCUT2D eigenvalue weighted by atomic mass is 32.1. The van der Waals surface area contributed by atoms with Crippen molar-refractivity contribution in [2.24, 2.45) is 0 Å². The molecular formula is C5H8N2S. The lowest BCUT2D eigenvalue weighted by molar-refractivity contribution is 0.838. The first-order valence-corrected chi connectivity index (χ1v) is 3.31. The van der Waals surface area contributed by atoms with Gasteiger partial charge in [-0.2, -0.15) is 8.75 Å². The first-order chi connectivity index (χ1) is 3.80. The van der Waals surface area contributed by atoms with Crippen molar-refractivity contribution in [2.75, 3.05) is 0 Å². The molecule has 8 heavy (non-hydrogen) atoms. The molecule has 0 amide bonds. The predicted octanol–water partition coefficient (Wildman–Crippen LogP) is 1.66. The molecular weight excluding hydrogens is 120 g/mol. The first kappa shape index (κ1) is 5.69. The maximum atomic E-state index is 4.05. The fourth-order valence-electron chi connectivity index (χ4n) is 0.426. The molecule has 0 aliphatic rings. The van der Waals surface area contributed by atoms with Gasteiger partial charge < -0.3 is 0 Å². The summed E-state index contributed by atoms with van der Waals surface area (Å²) in [6, 6.07) is 0. The maximum absolute atomic E-state index is 4.05. The van der Waals surface area contributed by atoms with E-state index in [0.29, 0.717) is 5.92 Å². The van der Waals surface area contributed by atoms with Crippen molar-refractivity contribution in [1.29, 1.82) is 0 Å². The third-order valence-corrected chi connectivity index (χ3v) is 1.46. The molecule has 1 heterocycles. The number of aromatic nitrogens is 2. The lowest BCUT2D eigenvalue weighted by atomic mass is 10.2. The molecule has 2 nitrogen and oxygen atoms in total. The summed E-state index contributed by atoms with van der Waals surface area (Å²) in [6.45, 7) is 4.22. The van der Waals surface area contributed by atoms with Crippen LogP contribution in [0.1, 0.15) is 25.5 Å². The van der Waals surface area contributed by atoms with Gasteiger partial charge in [0.2, 0.25) is 0 Å². The molecule has 1 aromatic heterocycles. The van der Waals surface area contributed by atoms with Crippen LogP contribution in [0.2, 0.25) is 0 Å². The Morgan fingerprint density at radius 3 is 2.62 bits per heavy atom. The second-order valence-electron chi connectivity index (χ2n) is 1.99. The highest BCUT2D eigenvalue weighted by Gasteiger charge is 1.98. The van der Waals surface area contributed by atoms with Crippen LogP contribution in [-0.2, 0) is 0 Å². The first-order valence-electron chi connectivity index (χ1n) is 2.58. The Labute approximate surface area is 52.9 Å². The molecule has 0 radical (unpaired) electrons. The normalized spacial score (nSPS) is 10.4. The second kappa shape index (κ2) is 2.22. The monoisotopic (exact) mass is 128 g/mol. The standard InChI is InChI=1S/C5H8N2S/c1-4(2)5-3-6-8-7-5/h3-4H,1-2H3. The molecule has 0 saturated heterocycles. The van der Waals surface area contributed by atoms with Crippen LogP contribution < -0.4 is 0 Å².